The molecule has 0 fully saturated rings. The SMILES string of the molecule is Cc1cc(C(=O)NCc2ccc(F)c(CN(C)C)c2)c2c(=O)[nH]n(C)c2n1. The highest BCUT2D eigenvalue weighted by molar-refractivity contribution is 6.05. The Hall–Kier alpha value is -3.00. The number of amides is 1. The van der Waals surface area contributed by atoms with Gasteiger partial charge in [-0.2, -0.15) is 0 Å². The number of aromatic nitrogens is 3. The molecule has 8 heteroatoms. The van der Waals surface area contributed by atoms with Gasteiger partial charge in [-0.05, 0) is 44.8 Å². The number of nitrogens with one attached hydrogen (secondary N) is 2. The summed E-state index contributed by atoms with van der Waals surface area (Å²) in [7, 11) is 5.40. The number of H-pyrrole nitrogens is 1. The molecule has 1 amide bonds. The fraction of sp³-hybridized carbons (Fsp3) is 0.316. The second kappa shape index (κ2) is 7.32. The molecule has 0 aliphatic rings. The molecule has 27 heavy (non-hydrogen) atoms. The summed E-state index contributed by atoms with van der Waals surface area (Å²) in [4.78, 5) is 31.0. The molecule has 2 aromatic heterocycles. The van der Waals surface area contributed by atoms with Crippen molar-refractivity contribution < 1.29 is 9.18 Å². The lowest BCUT2D eigenvalue weighted by Gasteiger charge is -2.12. The molecule has 0 aliphatic carbocycles. The number of benzene rings is 1. The van der Waals surface area contributed by atoms with E-state index in [-0.39, 0.29) is 34.8 Å². The fourth-order valence-corrected chi connectivity index (χ4v) is 3.04. The summed E-state index contributed by atoms with van der Waals surface area (Å²) in [6.07, 6.45) is 0. The van der Waals surface area contributed by atoms with Crippen LogP contribution in [0.15, 0.2) is 29.1 Å². The number of halogens is 1. The molecule has 0 atom stereocenters. The quantitative estimate of drug-likeness (QED) is 0.715. The van der Waals surface area contributed by atoms with Gasteiger partial charge in [0.05, 0.1) is 10.9 Å². The molecule has 7 nitrogen and oxygen atoms in total. The molecule has 0 aliphatic heterocycles. The lowest BCUT2D eigenvalue weighted by Crippen LogP contribution is -2.24. The number of hydrogen-bond acceptors (Lipinski definition) is 4. The van der Waals surface area contributed by atoms with E-state index < -0.39 is 0 Å². The van der Waals surface area contributed by atoms with Crippen molar-refractivity contribution in [2.24, 2.45) is 7.05 Å². The first-order valence-electron chi connectivity index (χ1n) is 8.53. The average molecular weight is 371 g/mol. The maximum atomic E-state index is 13.9. The van der Waals surface area contributed by atoms with Crippen LogP contribution in [-0.4, -0.2) is 39.7 Å². The molecule has 0 saturated carbocycles. The third kappa shape index (κ3) is 3.90. The van der Waals surface area contributed by atoms with E-state index >= 15 is 0 Å². The molecule has 0 unspecified atom stereocenters. The van der Waals surface area contributed by atoms with E-state index in [1.165, 1.54) is 10.7 Å². The summed E-state index contributed by atoms with van der Waals surface area (Å²) >= 11 is 0. The van der Waals surface area contributed by atoms with Crippen LogP contribution in [0.4, 0.5) is 4.39 Å². The van der Waals surface area contributed by atoms with E-state index in [2.05, 4.69) is 15.4 Å². The minimum Gasteiger partial charge on any atom is -0.348 e. The number of carbonyl (C=O) groups is 1. The van der Waals surface area contributed by atoms with Crippen LogP contribution in [-0.2, 0) is 20.1 Å². The van der Waals surface area contributed by atoms with Crippen LogP contribution >= 0.6 is 0 Å². The van der Waals surface area contributed by atoms with Crippen molar-refractivity contribution >= 4 is 16.9 Å². The highest BCUT2D eigenvalue weighted by Gasteiger charge is 2.17. The van der Waals surface area contributed by atoms with E-state index in [4.69, 9.17) is 0 Å². The first-order valence-corrected chi connectivity index (χ1v) is 8.53. The van der Waals surface area contributed by atoms with Gasteiger partial charge in [-0.3, -0.25) is 19.4 Å². The smallest absolute Gasteiger partial charge is 0.274 e. The van der Waals surface area contributed by atoms with Crippen molar-refractivity contribution in [2.75, 3.05) is 14.1 Å². The maximum Gasteiger partial charge on any atom is 0.274 e. The molecule has 3 aromatic rings. The third-order valence-corrected chi connectivity index (χ3v) is 4.24. The monoisotopic (exact) mass is 371 g/mol. The van der Waals surface area contributed by atoms with Crippen LogP contribution in [0.1, 0.15) is 27.2 Å². The Morgan fingerprint density at radius 1 is 1.33 bits per heavy atom. The minimum absolute atomic E-state index is 0.229. The molecule has 0 radical (unpaired) electrons. The molecular formula is C19H22FN5O2. The van der Waals surface area contributed by atoms with Gasteiger partial charge in [0.2, 0.25) is 0 Å². The van der Waals surface area contributed by atoms with E-state index in [1.807, 2.05) is 19.0 Å². The Morgan fingerprint density at radius 3 is 2.78 bits per heavy atom. The van der Waals surface area contributed by atoms with Crippen LogP contribution in [0.25, 0.3) is 11.0 Å². The van der Waals surface area contributed by atoms with Gasteiger partial charge in [-0.25, -0.2) is 9.37 Å². The normalized spacial score (nSPS) is 11.3. The highest BCUT2D eigenvalue weighted by Crippen LogP contribution is 2.15. The summed E-state index contributed by atoms with van der Waals surface area (Å²) in [5.41, 5.74) is 2.33. The van der Waals surface area contributed by atoms with Crippen LogP contribution in [0.3, 0.4) is 0 Å². The van der Waals surface area contributed by atoms with E-state index in [9.17, 15) is 14.0 Å². The first kappa shape index (κ1) is 18.8. The Kier molecular flexibility index (Phi) is 5.09. The molecule has 0 spiro atoms. The Labute approximate surface area is 155 Å². The number of aromatic amines is 1. The second-order valence-corrected chi connectivity index (χ2v) is 6.86. The lowest BCUT2D eigenvalue weighted by atomic mass is 10.1. The zero-order valence-corrected chi connectivity index (χ0v) is 15.8. The van der Waals surface area contributed by atoms with Crippen LogP contribution in [0.2, 0.25) is 0 Å². The summed E-state index contributed by atoms with van der Waals surface area (Å²) < 4.78 is 15.4. The van der Waals surface area contributed by atoms with Gasteiger partial charge in [0.1, 0.15) is 5.82 Å². The fourth-order valence-electron chi connectivity index (χ4n) is 3.04. The van der Waals surface area contributed by atoms with E-state index in [1.54, 1.807) is 32.2 Å². The van der Waals surface area contributed by atoms with E-state index in [0.29, 0.717) is 23.4 Å². The van der Waals surface area contributed by atoms with Gasteiger partial charge < -0.3 is 10.2 Å². The third-order valence-electron chi connectivity index (χ3n) is 4.24. The minimum atomic E-state index is -0.374. The lowest BCUT2D eigenvalue weighted by molar-refractivity contribution is 0.0952. The Bertz CT molecular complexity index is 1070. The van der Waals surface area contributed by atoms with E-state index in [0.717, 1.165) is 5.56 Å². The van der Waals surface area contributed by atoms with Crippen LogP contribution in [0.5, 0.6) is 0 Å². The van der Waals surface area contributed by atoms with Crippen molar-refractivity contribution in [2.45, 2.75) is 20.0 Å². The Balaban J connectivity index is 1.85. The Morgan fingerprint density at radius 2 is 2.07 bits per heavy atom. The topological polar surface area (TPSA) is 83.0 Å². The number of nitrogens with zero attached hydrogens (tertiary/aromatic N) is 3. The zero-order valence-electron chi connectivity index (χ0n) is 15.8. The molecule has 3 rings (SSSR count). The van der Waals surface area contributed by atoms with Gasteiger partial charge in [-0.15, -0.1) is 0 Å². The predicted molar refractivity (Wildman–Crippen MR) is 101 cm³/mol. The molecule has 0 saturated heterocycles. The van der Waals surface area contributed by atoms with Crippen molar-refractivity contribution in [1.29, 1.82) is 0 Å². The molecule has 1 aromatic carbocycles. The predicted octanol–water partition coefficient (Wildman–Crippen LogP) is 1.70. The summed E-state index contributed by atoms with van der Waals surface area (Å²) in [6, 6.07) is 6.36. The standard InChI is InChI=1S/C19H22FN5O2/c1-11-7-14(16-17(22-11)25(4)23-19(16)27)18(26)21-9-12-5-6-15(20)13(8-12)10-24(2)3/h5-8H,9-10H2,1-4H3,(H,21,26)(H,23,27). The number of aryl methyl sites for hydroxylation is 2. The van der Waals surface area contributed by atoms with Gasteiger partial charge in [0.15, 0.2) is 5.65 Å². The number of carbonyl (C=O) groups excluding carboxylic acids is 1. The largest absolute Gasteiger partial charge is 0.348 e. The molecule has 0 bridgehead atoms. The second-order valence-electron chi connectivity index (χ2n) is 6.86. The summed E-state index contributed by atoms with van der Waals surface area (Å²) in [5, 5.41) is 5.68. The van der Waals surface area contributed by atoms with Gasteiger partial charge in [0.25, 0.3) is 11.5 Å². The summed E-state index contributed by atoms with van der Waals surface area (Å²) in [6.45, 7) is 2.46. The first-order chi connectivity index (χ1) is 12.8. The van der Waals surface area contributed by atoms with Gasteiger partial charge in [0, 0.05) is 31.4 Å². The number of hydrogen-bond donors (Lipinski definition) is 2. The van der Waals surface area contributed by atoms with Gasteiger partial charge in [-0.1, -0.05) is 6.07 Å². The van der Waals surface area contributed by atoms with Crippen LogP contribution < -0.4 is 10.9 Å². The van der Waals surface area contributed by atoms with Gasteiger partial charge >= 0.3 is 0 Å². The molecular weight excluding hydrogens is 349 g/mol. The van der Waals surface area contributed by atoms with Crippen molar-refractivity contribution in [3.05, 3.63) is 62.8 Å². The van der Waals surface area contributed by atoms with Crippen molar-refractivity contribution in [1.82, 2.24) is 25.0 Å². The zero-order chi connectivity index (χ0) is 19.7. The number of pyridine rings is 1. The summed E-state index contributed by atoms with van der Waals surface area (Å²) in [5.74, 6) is -0.651. The average Bonchev–Trinajstić information content (AvgIpc) is 2.88. The molecule has 2 N–H and O–H groups in total. The van der Waals surface area contributed by atoms with Crippen LogP contribution in [0, 0.1) is 12.7 Å². The van der Waals surface area contributed by atoms with Crippen molar-refractivity contribution in [3.8, 4) is 0 Å². The number of fused-ring (bicyclic) bond motifs is 1. The maximum absolute atomic E-state index is 13.9. The molecule has 2 heterocycles. The highest BCUT2D eigenvalue weighted by atomic mass is 19.1. The van der Waals surface area contributed by atoms with Crippen molar-refractivity contribution in [3.63, 3.8) is 0 Å². The molecule has 142 valence electrons. The number of rotatable bonds is 5.